The molecule has 574 valence electrons. The number of ether oxygens (including phenoxy) is 10. The number of fused-ring (bicyclic) bond motifs is 2. The number of para-hydroxylation sites is 2. The molecule has 30 nitrogen and oxygen atoms in total. The molecule has 105 heavy (non-hydrogen) atoms. The van der Waals surface area contributed by atoms with Gasteiger partial charge in [0.15, 0.2) is 25.0 Å². The number of hydrogen-bond acceptors (Lipinski definition) is 27. The number of likely N-dealkylation sites (tertiary alicyclic amines) is 1. The van der Waals surface area contributed by atoms with Crippen LogP contribution in [0, 0.1) is 23.7 Å². The van der Waals surface area contributed by atoms with Gasteiger partial charge in [-0.2, -0.15) is 0 Å². The van der Waals surface area contributed by atoms with Crippen molar-refractivity contribution < 1.29 is 121 Å². The monoisotopic (exact) mass is 1470 g/mol. The summed E-state index contributed by atoms with van der Waals surface area (Å²) in [4.78, 5) is 85.8. The molecule has 12 rings (SSSR count). The first-order valence-corrected chi connectivity index (χ1v) is 36.6. The number of esters is 1. The summed E-state index contributed by atoms with van der Waals surface area (Å²) in [6.07, 6.45) is -25.8. The molecule has 15 unspecified atom stereocenters. The van der Waals surface area contributed by atoms with Crippen LogP contribution in [0.1, 0.15) is 112 Å². The van der Waals surface area contributed by atoms with Crippen molar-refractivity contribution in [1.82, 2.24) is 15.5 Å². The normalized spacial score (nSPS) is 34.2. The minimum absolute atomic E-state index is 0.0526. The average Bonchev–Trinajstić information content (AvgIpc) is 0.746. The maximum absolute atomic E-state index is 14.7. The van der Waals surface area contributed by atoms with Gasteiger partial charge in [0.05, 0.1) is 73.6 Å². The van der Waals surface area contributed by atoms with Crippen LogP contribution in [0.15, 0.2) is 109 Å². The molecule has 30 heteroatoms. The van der Waals surface area contributed by atoms with Crippen molar-refractivity contribution in [3.05, 3.63) is 129 Å². The van der Waals surface area contributed by atoms with Gasteiger partial charge in [-0.05, 0) is 93.7 Å². The van der Waals surface area contributed by atoms with Crippen molar-refractivity contribution in [2.75, 3.05) is 39.4 Å². The maximum Gasteiger partial charge on any atom is 0.341 e. The highest BCUT2D eigenvalue weighted by molar-refractivity contribution is 5.89. The van der Waals surface area contributed by atoms with Crippen LogP contribution in [0.4, 0.5) is 0 Å². The first-order valence-electron chi connectivity index (χ1n) is 36.6. The molecular weight excluding hydrogens is 1370 g/mol. The molecule has 5 aromatic rings. The standard InChI is InChI=1S/C75H97N3O27/c1-3-40-28-44(33-52(63(40)105-73-61(86)60(85)56(81)38(2)96-73)101-75-66(104-70(91)41-17-8-5-9-18-41)65(59(84)55(35-80)103-75)97-53(69(90)78-25-14-26-78)27-39-15-6-4-7-16-39)67(88)76-23-24-77-68(89)45-31-50(94-36-46-29-42-19-10-12-21-48(42)98-71(46)92)57(82)51(32-45)100-74-62(87)64(58(83)54(34-79)102-74)95-37-47-30-43-20-11-13-22-49(43)99-72(47)93/h5,8-13,17-22,29-30,38-40,44-45,50-66,73-75,79-87H,3-4,6-7,14-16,23-28,31-37H2,1-2H3,(H,76,88)(H,77,89)/t38?,40?,44?,45?,50?,51-,52-,53+,54?,55?,56-,57?,58+,59+,60?,61?,62?,63?,64?,65?,66?,73+,74-,75-/m1/s1. The van der Waals surface area contributed by atoms with Crippen LogP contribution in [0.25, 0.3) is 21.9 Å². The number of hydrogen-bond donors (Lipinski definition) is 11. The van der Waals surface area contributed by atoms with Gasteiger partial charge in [0.2, 0.25) is 11.8 Å². The summed E-state index contributed by atoms with van der Waals surface area (Å²) in [5.74, 6) is -4.70. The molecule has 6 heterocycles. The fourth-order valence-electron chi connectivity index (χ4n) is 15.5. The topological polar surface area (TPSA) is 430 Å². The number of carbonyl (C=O) groups is 4. The van der Waals surface area contributed by atoms with E-state index in [0.717, 1.165) is 38.5 Å². The van der Waals surface area contributed by atoms with E-state index in [1.54, 1.807) is 77.7 Å². The van der Waals surface area contributed by atoms with Gasteiger partial charge in [0.1, 0.15) is 84.4 Å². The van der Waals surface area contributed by atoms with E-state index in [2.05, 4.69) is 10.6 Å². The van der Waals surface area contributed by atoms with Crippen LogP contribution in [0.3, 0.4) is 0 Å². The van der Waals surface area contributed by atoms with Gasteiger partial charge in [0.25, 0.3) is 5.91 Å². The molecule has 4 aliphatic heterocycles. The lowest BCUT2D eigenvalue weighted by atomic mass is 9.75. The third-order valence-electron chi connectivity index (χ3n) is 21.7. The molecule has 4 saturated heterocycles. The van der Waals surface area contributed by atoms with Crippen molar-refractivity contribution in [2.24, 2.45) is 23.7 Å². The van der Waals surface area contributed by atoms with Crippen LogP contribution in [-0.2, 0) is 75.0 Å². The maximum atomic E-state index is 14.7. The summed E-state index contributed by atoms with van der Waals surface area (Å²) in [7, 11) is 0. The Hall–Kier alpha value is -6.76. The van der Waals surface area contributed by atoms with E-state index in [9.17, 15) is 74.7 Å². The molecule has 0 spiro atoms. The van der Waals surface area contributed by atoms with E-state index < -0.39 is 195 Å². The molecule has 3 amide bonds. The Labute approximate surface area is 604 Å². The molecule has 3 aliphatic carbocycles. The second kappa shape index (κ2) is 35.5. The van der Waals surface area contributed by atoms with Gasteiger partial charge < -0.3 is 118 Å². The molecule has 3 aromatic carbocycles. The van der Waals surface area contributed by atoms with Gasteiger partial charge in [-0.25, -0.2) is 14.4 Å². The summed E-state index contributed by atoms with van der Waals surface area (Å²) in [6.45, 7) is 1.58. The fourth-order valence-corrected chi connectivity index (χ4v) is 15.5. The second-order valence-electron chi connectivity index (χ2n) is 28.7. The Morgan fingerprint density at radius 3 is 1.71 bits per heavy atom. The van der Waals surface area contributed by atoms with E-state index in [-0.39, 0.29) is 73.9 Å². The van der Waals surface area contributed by atoms with Gasteiger partial charge in [0, 0.05) is 48.8 Å². The van der Waals surface area contributed by atoms with Crippen molar-refractivity contribution in [3.63, 3.8) is 0 Å². The lowest BCUT2D eigenvalue weighted by molar-refractivity contribution is -0.349. The molecular formula is C75H97N3O27. The number of aliphatic hydroxyl groups is 9. The highest BCUT2D eigenvalue weighted by Crippen LogP contribution is 2.42. The van der Waals surface area contributed by atoms with Gasteiger partial charge in [-0.1, -0.05) is 100 Å². The highest BCUT2D eigenvalue weighted by Gasteiger charge is 2.55. The molecule has 0 bridgehead atoms. The summed E-state index contributed by atoms with van der Waals surface area (Å²) in [6, 6.07) is 24.7. The van der Waals surface area contributed by atoms with Gasteiger partial charge >= 0.3 is 17.2 Å². The van der Waals surface area contributed by atoms with Crippen molar-refractivity contribution in [1.29, 1.82) is 0 Å². The number of amides is 3. The smallest absolute Gasteiger partial charge is 0.341 e. The molecule has 2 aromatic heterocycles. The summed E-state index contributed by atoms with van der Waals surface area (Å²) < 4.78 is 74.3. The van der Waals surface area contributed by atoms with Crippen LogP contribution in [0.5, 0.6) is 0 Å². The summed E-state index contributed by atoms with van der Waals surface area (Å²) >= 11 is 0. The van der Waals surface area contributed by atoms with Crippen LogP contribution >= 0.6 is 0 Å². The van der Waals surface area contributed by atoms with E-state index in [0.29, 0.717) is 47.9 Å². The number of nitrogens with zero attached hydrogens (tertiary/aromatic N) is 1. The summed E-state index contributed by atoms with van der Waals surface area (Å²) in [5.41, 5.74) is -0.538. The lowest BCUT2D eigenvalue weighted by Gasteiger charge is -2.49. The Bertz CT molecular complexity index is 3840. The Morgan fingerprint density at radius 2 is 1.10 bits per heavy atom. The quantitative estimate of drug-likeness (QED) is 0.0201. The average molecular weight is 1470 g/mol. The fraction of sp³-hybridized carbons (Fsp3) is 0.627. The zero-order chi connectivity index (χ0) is 74.2. The number of carbonyl (C=O) groups excluding carboxylic acids is 4. The zero-order valence-corrected chi connectivity index (χ0v) is 58.6. The van der Waals surface area contributed by atoms with Crippen LogP contribution < -0.4 is 21.9 Å². The minimum atomic E-state index is -1.83. The van der Waals surface area contributed by atoms with Gasteiger partial charge in [-0.3, -0.25) is 14.4 Å². The van der Waals surface area contributed by atoms with Crippen molar-refractivity contribution in [3.8, 4) is 0 Å². The van der Waals surface area contributed by atoms with Crippen molar-refractivity contribution >= 4 is 45.6 Å². The molecule has 24 atom stereocenters. The molecule has 0 radical (unpaired) electrons. The first-order chi connectivity index (χ1) is 50.7. The van der Waals surface area contributed by atoms with Gasteiger partial charge in [-0.15, -0.1) is 0 Å². The van der Waals surface area contributed by atoms with E-state index >= 15 is 0 Å². The SMILES string of the molecule is CCC1CC(C(=O)NCCNC(=O)C2CC(OCc3cc4ccccc4oc3=O)C(O)[C@H](O[C@@H]3OC(CO)[C@H](O)C(OCc4cc5ccccc5oc4=O)C3O)C2)C[C@@H](O[C@@H]2OC(CO)[C@H](O)C(O[C@@H](CC3CCCCC3)C(=O)N3CCC3)C2OC(=O)c2ccccc2)C1O[C@@H]1OC(C)[C@@H](O)C(O)C1O. The lowest BCUT2D eigenvalue weighted by Crippen LogP contribution is -2.64. The number of nitrogens with one attached hydrogen (secondary N) is 2. The zero-order valence-electron chi connectivity index (χ0n) is 58.6. The van der Waals surface area contributed by atoms with Crippen molar-refractivity contribution in [2.45, 2.75) is 233 Å². The van der Waals surface area contributed by atoms with E-state index in [4.69, 9.17) is 56.2 Å². The Morgan fingerprint density at radius 1 is 0.552 bits per heavy atom. The number of benzene rings is 3. The molecule has 3 saturated carbocycles. The Kier molecular flexibility index (Phi) is 26.3. The van der Waals surface area contributed by atoms with Crippen LogP contribution in [-0.4, -0.2) is 243 Å². The summed E-state index contributed by atoms with van der Waals surface area (Å²) in [5, 5.41) is 109. The Balaban J connectivity index is 0.763. The van der Waals surface area contributed by atoms with E-state index in [1.807, 2.05) is 6.92 Å². The third-order valence-corrected chi connectivity index (χ3v) is 21.7. The molecule has 7 aliphatic rings. The second-order valence-corrected chi connectivity index (χ2v) is 28.7. The molecule has 11 N–H and O–H groups in total. The minimum Gasteiger partial charge on any atom is -0.450 e. The van der Waals surface area contributed by atoms with E-state index in [1.165, 1.54) is 25.1 Å². The number of aliphatic hydroxyl groups excluding tert-OH is 9. The highest BCUT2D eigenvalue weighted by atomic mass is 16.8. The molecule has 7 fully saturated rings. The first kappa shape index (κ1) is 77.8. The third kappa shape index (κ3) is 18.2. The predicted octanol–water partition coefficient (Wildman–Crippen LogP) is 1.49. The predicted molar refractivity (Wildman–Crippen MR) is 367 cm³/mol. The van der Waals surface area contributed by atoms with Crippen LogP contribution in [0.2, 0.25) is 0 Å². The number of rotatable bonds is 27. The largest absolute Gasteiger partial charge is 0.450 e.